The van der Waals surface area contributed by atoms with E-state index in [4.69, 9.17) is 34.2 Å². The molecule has 35 heavy (non-hydrogen) atoms. The van der Waals surface area contributed by atoms with Gasteiger partial charge in [0.15, 0.2) is 11.5 Å². The molecule has 3 heterocycles. The van der Waals surface area contributed by atoms with E-state index in [2.05, 4.69) is 21.8 Å². The van der Waals surface area contributed by atoms with Gasteiger partial charge in [0, 0.05) is 12.6 Å². The minimum Gasteiger partial charge on any atom is -0.493 e. The van der Waals surface area contributed by atoms with Crippen molar-refractivity contribution >= 4 is 23.0 Å². The zero-order valence-corrected chi connectivity index (χ0v) is 19.7. The van der Waals surface area contributed by atoms with Crippen LogP contribution in [0.3, 0.4) is 0 Å². The number of benzene rings is 2. The Morgan fingerprint density at radius 2 is 1.94 bits per heavy atom. The lowest BCUT2D eigenvalue weighted by molar-refractivity contribution is -0.133. The molecule has 2 aromatic carbocycles. The number of hydrogen-bond acceptors (Lipinski definition) is 8. The maximum absolute atomic E-state index is 7.45. The molecular weight excluding hydrogens is 450 g/mol. The smallest absolute Gasteiger partial charge is 0.412 e. The molecule has 2 aliphatic heterocycles. The summed E-state index contributed by atoms with van der Waals surface area (Å²) in [6.07, 6.45) is 2.80. The number of methoxy groups -OCH3 is 1. The van der Waals surface area contributed by atoms with Crippen LogP contribution >= 0.6 is 0 Å². The van der Waals surface area contributed by atoms with E-state index in [1.165, 1.54) is 12.7 Å². The van der Waals surface area contributed by atoms with Gasteiger partial charge in [-0.2, -0.15) is 0 Å². The molecule has 3 N–H and O–H groups in total. The van der Waals surface area contributed by atoms with Crippen LogP contribution in [0.25, 0.3) is 11.0 Å². The van der Waals surface area contributed by atoms with Gasteiger partial charge in [0.25, 0.3) is 0 Å². The largest absolute Gasteiger partial charge is 0.493 e. The molecule has 1 fully saturated rings. The van der Waals surface area contributed by atoms with Crippen LogP contribution in [0.2, 0.25) is 0 Å². The van der Waals surface area contributed by atoms with Crippen molar-refractivity contribution in [3.63, 3.8) is 0 Å². The number of nitrogens with two attached hydrogens (primary N) is 1. The fraction of sp³-hybridized carbons (Fsp3) is 0.385. The summed E-state index contributed by atoms with van der Waals surface area (Å²) in [5, 5.41) is 14.1. The average molecular weight is 481 g/mol. The highest BCUT2D eigenvalue weighted by molar-refractivity contribution is 5.98. The highest BCUT2D eigenvalue weighted by atomic mass is 16.7. The molecule has 0 radical (unpaired) electrons. The summed E-state index contributed by atoms with van der Waals surface area (Å²) in [7, 11) is 1.34. The second-order valence-corrected chi connectivity index (χ2v) is 8.67. The van der Waals surface area contributed by atoms with Gasteiger partial charge in [-0.25, -0.2) is 10.8 Å². The third-order valence-corrected chi connectivity index (χ3v) is 6.48. The van der Waals surface area contributed by atoms with Crippen molar-refractivity contribution in [2.45, 2.75) is 25.2 Å². The third kappa shape index (κ3) is 5.19. The molecule has 9 heteroatoms. The SMILES string of the molecule is COC(=N)OC(=[NH2+])c1cc2c(OCCCN3CCC(c4ccc5c(c4)OCO5)CC3)cccc2o1. The number of ether oxygens (including phenoxy) is 5. The number of furan rings is 1. The van der Waals surface area contributed by atoms with Crippen molar-refractivity contribution in [2.75, 3.05) is 40.1 Å². The van der Waals surface area contributed by atoms with Gasteiger partial charge in [-0.1, -0.05) is 12.1 Å². The zero-order chi connectivity index (χ0) is 24.2. The fourth-order valence-electron chi connectivity index (χ4n) is 4.60. The van der Waals surface area contributed by atoms with E-state index < -0.39 is 6.08 Å². The monoisotopic (exact) mass is 480 g/mol. The second-order valence-electron chi connectivity index (χ2n) is 8.67. The Morgan fingerprint density at radius 1 is 1.11 bits per heavy atom. The van der Waals surface area contributed by atoms with Crippen molar-refractivity contribution in [1.29, 1.82) is 5.41 Å². The quantitative estimate of drug-likeness (QED) is 0.304. The number of fused-ring (bicyclic) bond motifs is 2. The highest BCUT2D eigenvalue weighted by Crippen LogP contribution is 2.37. The number of rotatable bonds is 7. The lowest BCUT2D eigenvalue weighted by atomic mass is 9.89. The first-order chi connectivity index (χ1) is 17.1. The summed E-state index contributed by atoms with van der Waals surface area (Å²) in [5.74, 6) is 3.28. The molecule has 0 atom stereocenters. The lowest BCUT2D eigenvalue weighted by Gasteiger charge is -2.32. The Balaban J connectivity index is 1.09. The van der Waals surface area contributed by atoms with Crippen LogP contribution in [0.1, 0.15) is 36.5 Å². The summed E-state index contributed by atoms with van der Waals surface area (Å²) in [4.78, 5) is 2.50. The number of piperidine rings is 1. The third-order valence-electron chi connectivity index (χ3n) is 6.48. The standard InChI is InChI=1S/C26H29N3O6/c1-30-26(28)35-25(27)24-15-19-20(4-2-5-21(19)34-24)31-13-3-10-29-11-8-17(9-12-29)18-6-7-22-23(14-18)33-16-32-22/h2,4-7,14-15,17,27-28H,3,8-13,16H2,1H3/p+1. The Morgan fingerprint density at radius 3 is 2.77 bits per heavy atom. The molecule has 0 bridgehead atoms. The van der Waals surface area contributed by atoms with Gasteiger partial charge < -0.3 is 33.0 Å². The molecule has 184 valence electrons. The van der Waals surface area contributed by atoms with Gasteiger partial charge in [0.1, 0.15) is 11.3 Å². The van der Waals surface area contributed by atoms with E-state index in [9.17, 15) is 0 Å². The van der Waals surface area contributed by atoms with Crippen molar-refractivity contribution in [3.05, 3.63) is 53.8 Å². The Kier molecular flexibility index (Phi) is 6.76. The first kappa shape index (κ1) is 23.0. The zero-order valence-electron chi connectivity index (χ0n) is 19.7. The van der Waals surface area contributed by atoms with Crippen LogP contribution in [0.15, 0.2) is 46.9 Å². The Labute approximate surface area is 203 Å². The molecule has 0 spiro atoms. The van der Waals surface area contributed by atoms with Gasteiger partial charge in [0.2, 0.25) is 12.6 Å². The van der Waals surface area contributed by atoms with Gasteiger partial charge in [-0.15, -0.1) is 0 Å². The van der Waals surface area contributed by atoms with Crippen LogP contribution in [-0.4, -0.2) is 57.0 Å². The predicted octanol–water partition coefficient (Wildman–Crippen LogP) is 2.91. The number of nitrogens with zero attached hydrogens (tertiary/aromatic N) is 1. The minimum atomic E-state index is -0.403. The second kappa shape index (κ2) is 10.3. The topological polar surface area (TPSA) is 112 Å². The average Bonchev–Trinajstić information content (AvgIpc) is 3.54. The molecule has 1 saturated heterocycles. The molecule has 0 saturated carbocycles. The maximum atomic E-state index is 7.45. The molecule has 5 rings (SSSR count). The van der Waals surface area contributed by atoms with Crippen molar-refractivity contribution in [2.24, 2.45) is 0 Å². The molecule has 0 amide bonds. The summed E-state index contributed by atoms with van der Waals surface area (Å²) in [5.41, 5.74) is 1.98. The minimum absolute atomic E-state index is 0.0387. The van der Waals surface area contributed by atoms with E-state index >= 15 is 0 Å². The van der Waals surface area contributed by atoms with E-state index in [1.807, 2.05) is 24.3 Å². The van der Waals surface area contributed by atoms with E-state index in [1.54, 1.807) is 6.07 Å². The predicted molar refractivity (Wildman–Crippen MR) is 129 cm³/mol. The van der Waals surface area contributed by atoms with Crippen LogP contribution in [0.5, 0.6) is 17.2 Å². The van der Waals surface area contributed by atoms with Gasteiger partial charge in [-0.3, -0.25) is 0 Å². The van der Waals surface area contributed by atoms with E-state index in [0.717, 1.165) is 61.5 Å². The van der Waals surface area contributed by atoms with Crippen LogP contribution in [-0.2, 0) is 9.47 Å². The molecule has 9 nitrogen and oxygen atoms in total. The lowest BCUT2D eigenvalue weighted by Crippen LogP contribution is -2.43. The summed E-state index contributed by atoms with van der Waals surface area (Å²) in [6.45, 7) is 4.06. The molecular formula is C26H30N3O6+. The maximum Gasteiger partial charge on any atom is 0.412 e. The van der Waals surface area contributed by atoms with Crippen molar-refractivity contribution in [3.8, 4) is 17.2 Å². The molecule has 2 aliphatic rings. The number of nitrogens with one attached hydrogen (secondary N) is 1. The Hall–Kier alpha value is -3.72. The fourth-order valence-corrected chi connectivity index (χ4v) is 4.60. The Bertz CT molecular complexity index is 1220. The molecule has 1 aromatic heterocycles. The van der Waals surface area contributed by atoms with Crippen LogP contribution in [0, 0.1) is 5.41 Å². The molecule has 0 unspecified atom stereocenters. The number of likely N-dealkylation sites (tertiary alicyclic amines) is 1. The summed E-state index contributed by atoms with van der Waals surface area (Å²) >= 11 is 0. The number of hydrogen-bond donors (Lipinski definition) is 2. The van der Waals surface area contributed by atoms with Gasteiger partial charge >= 0.3 is 12.0 Å². The van der Waals surface area contributed by atoms with Gasteiger partial charge in [-0.05, 0) is 68.1 Å². The van der Waals surface area contributed by atoms with Crippen molar-refractivity contribution in [1.82, 2.24) is 4.90 Å². The highest BCUT2D eigenvalue weighted by Gasteiger charge is 2.23. The summed E-state index contributed by atoms with van der Waals surface area (Å²) < 4.78 is 32.5. The van der Waals surface area contributed by atoms with Gasteiger partial charge in [0.05, 0.1) is 19.1 Å². The van der Waals surface area contributed by atoms with E-state index in [0.29, 0.717) is 30.7 Å². The first-order valence-electron chi connectivity index (χ1n) is 11.8. The molecule has 3 aromatic rings. The first-order valence-corrected chi connectivity index (χ1v) is 11.8. The van der Waals surface area contributed by atoms with Crippen molar-refractivity contribution < 1.29 is 33.5 Å². The van der Waals surface area contributed by atoms with E-state index in [-0.39, 0.29) is 5.90 Å². The summed E-state index contributed by atoms with van der Waals surface area (Å²) in [6, 6.07) is 13.7. The van der Waals surface area contributed by atoms with Crippen LogP contribution in [0.4, 0.5) is 0 Å². The normalized spacial score (nSPS) is 15.8. The van der Waals surface area contributed by atoms with Crippen LogP contribution < -0.4 is 19.6 Å². The molecule has 0 aliphatic carbocycles.